The second-order valence-corrected chi connectivity index (χ2v) is 9.01. The van der Waals surface area contributed by atoms with Gasteiger partial charge in [0.25, 0.3) is 0 Å². The summed E-state index contributed by atoms with van der Waals surface area (Å²) in [5.74, 6) is -5.96. The lowest BCUT2D eigenvalue weighted by molar-refractivity contribution is -0.170. The first kappa shape index (κ1) is 25.2. The van der Waals surface area contributed by atoms with Crippen LogP contribution in [0.3, 0.4) is 0 Å². The van der Waals surface area contributed by atoms with Gasteiger partial charge in [0.2, 0.25) is 0 Å². The van der Waals surface area contributed by atoms with Gasteiger partial charge in [-0.05, 0) is 6.92 Å². The average molecular weight is 502 g/mol. The molecule has 0 aromatic heterocycles. The maximum Gasteiger partial charge on any atom is 0.405 e. The van der Waals surface area contributed by atoms with Crippen LogP contribution in [-0.2, 0) is 57.7 Å². The Morgan fingerprint density at radius 1 is 1.15 bits per heavy atom. The fourth-order valence-electron chi connectivity index (χ4n) is 3.90. The zero-order valence-electron chi connectivity index (χ0n) is 17.2. The Labute approximate surface area is 185 Å². The number of carbonyl (C=O) groups excluding carboxylic acids is 4. The van der Waals surface area contributed by atoms with Gasteiger partial charge in [0, 0.05) is 7.11 Å². The highest BCUT2D eigenvalue weighted by molar-refractivity contribution is 7.86. The average Bonchev–Trinajstić information content (AvgIpc) is 3.33. The molecule has 3 rings (SSSR count). The Kier molecular flexibility index (Phi) is 6.93. The summed E-state index contributed by atoms with van der Waals surface area (Å²) in [6.45, 7) is 0.170. The first-order chi connectivity index (χ1) is 15.3. The molecule has 3 heterocycles. The quantitative estimate of drug-likeness (QED) is 0.170. The van der Waals surface area contributed by atoms with E-state index in [0.29, 0.717) is 6.92 Å². The molecule has 0 radical (unpaired) electrons. The summed E-state index contributed by atoms with van der Waals surface area (Å²) in [6.07, 6.45) is -7.99. The van der Waals surface area contributed by atoms with Crippen molar-refractivity contribution in [2.75, 3.05) is 13.9 Å². The first-order valence-corrected chi connectivity index (χ1v) is 11.0. The van der Waals surface area contributed by atoms with Crippen molar-refractivity contribution in [3.63, 3.8) is 0 Å². The number of fused-ring (bicyclic) bond motifs is 1. The van der Waals surface area contributed by atoms with E-state index in [0.717, 1.165) is 0 Å². The molecule has 3 saturated heterocycles. The zero-order chi connectivity index (χ0) is 24.7. The molecule has 16 heteroatoms. The number of hydrogen-bond donors (Lipinski definition) is 1. The molecule has 0 aromatic rings. The molecule has 7 atom stereocenters. The van der Waals surface area contributed by atoms with E-state index in [1.54, 1.807) is 0 Å². The number of carbonyl (C=O) groups is 4. The van der Waals surface area contributed by atoms with Crippen LogP contribution in [0.5, 0.6) is 0 Å². The molecule has 186 valence electrons. The number of halogens is 2. The molecule has 3 fully saturated rings. The second kappa shape index (κ2) is 9.08. The van der Waals surface area contributed by atoms with E-state index in [9.17, 15) is 36.4 Å². The maximum absolute atomic E-state index is 13.4. The molecule has 0 aliphatic carbocycles. The van der Waals surface area contributed by atoms with Crippen molar-refractivity contribution in [2.24, 2.45) is 11.8 Å². The maximum atomic E-state index is 13.4. The normalized spacial score (nSPS) is 31.1. The van der Waals surface area contributed by atoms with Crippen LogP contribution in [0.25, 0.3) is 0 Å². The smallest absolute Gasteiger partial charge is 0.405 e. The van der Waals surface area contributed by atoms with Crippen LogP contribution in [0.1, 0.15) is 19.8 Å². The molecule has 0 saturated carbocycles. The third-order valence-electron chi connectivity index (χ3n) is 5.42. The summed E-state index contributed by atoms with van der Waals surface area (Å²) in [4.78, 5) is 48.3. The van der Waals surface area contributed by atoms with Crippen LogP contribution in [0, 0.1) is 11.8 Å². The molecular weight excluding hydrogens is 482 g/mol. The molecule has 0 spiro atoms. The van der Waals surface area contributed by atoms with Crippen LogP contribution in [0.4, 0.5) is 8.78 Å². The molecule has 0 amide bonds. The fourth-order valence-corrected chi connectivity index (χ4v) is 4.37. The number of alkyl halides is 2. The van der Waals surface area contributed by atoms with E-state index in [4.69, 9.17) is 23.5 Å². The Hall–Kier alpha value is -2.43. The Morgan fingerprint density at radius 2 is 1.79 bits per heavy atom. The van der Waals surface area contributed by atoms with Crippen molar-refractivity contribution in [3.05, 3.63) is 0 Å². The fraction of sp³-hybridized carbons (Fsp3) is 0.765. The van der Waals surface area contributed by atoms with Crippen molar-refractivity contribution in [1.82, 2.24) is 0 Å². The van der Waals surface area contributed by atoms with E-state index in [-0.39, 0.29) is 6.79 Å². The largest absolute Gasteiger partial charge is 0.455 e. The first-order valence-electron chi connectivity index (χ1n) is 9.55. The molecular formula is C17H20F2O13S. The lowest BCUT2D eigenvalue weighted by Crippen LogP contribution is -2.48. The molecule has 3 aliphatic heterocycles. The van der Waals surface area contributed by atoms with Gasteiger partial charge in [0.05, 0.1) is 12.8 Å². The van der Waals surface area contributed by atoms with Crippen LogP contribution in [0.15, 0.2) is 0 Å². The lowest BCUT2D eigenvalue weighted by Gasteiger charge is -2.27. The van der Waals surface area contributed by atoms with Gasteiger partial charge >= 0.3 is 39.2 Å². The molecule has 13 nitrogen and oxygen atoms in total. The monoisotopic (exact) mass is 502 g/mol. The predicted molar refractivity (Wildman–Crippen MR) is 94.7 cm³/mol. The van der Waals surface area contributed by atoms with Gasteiger partial charge in [-0.15, -0.1) is 0 Å². The molecule has 1 N–H and O–H groups in total. The minimum atomic E-state index is -5.83. The highest BCUT2D eigenvalue weighted by atomic mass is 32.2. The summed E-state index contributed by atoms with van der Waals surface area (Å²) < 4.78 is 86.4. The van der Waals surface area contributed by atoms with Crippen molar-refractivity contribution < 1.29 is 69.4 Å². The summed E-state index contributed by atoms with van der Waals surface area (Å²) >= 11 is 0. The number of methoxy groups -OCH3 is 1. The van der Waals surface area contributed by atoms with Crippen LogP contribution >= 0.6 is 0 Å². The highest BCUT2D eigenvalue weighted by Gasteiger charge is 2.72. The van der Waals surface area contributed by atoms with Gasteiger partial charge in [0.15, 0.2) is 25.1 Å². The minimum Gasteiger partial charge on any atom is -0.455 e. The van der Waals surface area contributed by atoms with Gasteiger partial charge in [-0.1, -0.05) is 0 Å². The van der Waals surface area contributed by atoms with Crippen molar-refractivity contribution in [3.8, 4) is 0 Å². The molecule has 7 unspecified atom stereocenters. The lowest BCUT2D eigenvalue weighted by atomic mass is 9.78. The van der Waals surface area contributed by atoms with Gasteiger partial charge in [0.1, 0.15) is 24.0 Å². The van der Waals surface area contributed by atoms with Crippen molar-refractivity contribution >= 4 is 34.0 Å². The Balaban J connectivity index is 1.56. The zero-order valence-corrected chi connectivity index (χ0v) is 18.0. The molecule has 2 bridgehead atoms. The van der Waals surface area contributed by atoms with Gasteiger partial charge < -0.3 is 28.4 Å². The third kappa shape index (κ3) is 4.64. The van der Waals surface area contributed by atoms with Gasteiger partial charge in [-0.3, -0.25) is 23.7 Å². The van der Waals surface area contributed by atoms with Crippen molar-refractivity contribution in [2.45, 2.75) is 55.5 Å². The summed E-state index contributed by atoms with van der Waals surface area (Å²) in [5.41, 5.74) is 0. The minimum absolute atomic E-state index is 0.375. The van der Waals surface area contributed by atoms with E-state index in [2.05, 4.69) is 9.47 Å². The molecule has 0 aromatic carbocycles. The summed E-state index contributed by atoms with van der Waals surface area (Å²) in [7, 11) is -4.55. The van der Waals surface area contributed by atoms with Crippen molar-refractivity contribution in [1.29, 1.82) is 0 Å². The SMILES string of the molecule is COCOC(=O)C1C2OC3C(OC(=O)C31)C2OC(=O)CCC(=O)OC(C)C(F)(F)S(=O)(=O)O. The highest BCUT2D eigenvalue weighted by Crippen LogP contribution is 2.51. The number of ether oxygens (including phenoxy) is 6. The molecule has 3 aliphatic rings. The van der Waals surface area contributed by atoms with Crippen LogP contribution < -0.4 is 0 Å². The van der Waals surface area contributed by atoms with Gasteiger partial charge in [-0.2, -0.15) is 17.2 Å². The van der Waals surface area contributed by atoms with Gasteiger partial charge in [-0.25, -0.2) is 0 Å². The summed E-state index contributed by atoms with van der Waals surface area (Å²) in [5, 5.41) is -4.75. The number of hydrogen-bond acceptors (Lipinski definition) is 12. The molecule has 33 heavy (non-hydrogen) atoms. The van der Waals surface area contributed by atoms with Crippen LogP contribution in [0.2, 0.25) is 0 Å². The number of rotatable bonds is 10. The summed E-state index contributed by atoms with van der Waals surface area (Å²) in [6, 6.07) is 0. The predicted octanol–water partition coefficient (Wildman–Crippen LogP) is -0.823. The Morgan fingerprint density at radius 3 is 2.39 bits per heavy atom. The number of esters is 4. The van der Waals surface area contributed by atoms with Crippen LogP contribution in [-0.4, -0.2) is 86.5 Å². The third-order valence-corrected chi connectivity index (χ3v) is 6.44. The van der Waals surface area contributed by atoms with E-state index in [1.807, 2.05) is 0 Å². The van der Waals surface area contributed by atoms with E-state index < -0.39 is 94.4 Å². The standard InChI is InChI=1S/C17H20F2O13S/c1-6(17(18,19)33(24,25)26)29-7(20)3-4-8(21)30-13-11-9(15(22)28-5-27-2)10-12(31-11)14(13)32-16(10)23/h6,9-14H,3-5H2,1-2H3,(H,24,25,26). The topological polar surface area (TPSA) is 178 Å². The Bertz CT molecular complexity index is 935. The second-order valence-electron chi connectivity index (χ2n) is 7.51. The van der Waals surface area contributed by atoms with E-state index in [1.165, 1.54) is 7.11 Å². The van der Waals surface area contributed by atoms with E-state index >= 15 is 0 Å².